The van der Waals surface area contributed by atoms with E-state index in [9.17, 15) is 5.11 Å². The Morgan fingerprint density at radius 3 is 2.63 bits per heavy atom. The molecule has 2 heterocycles. The number of aliphatic hydroxyl groups is 1. The van der Waals surface area contributed by atoms with E-state index in [0.29, 0.717) is 34.7 Å². The van der Waals surface area contributed by atoms with E-state index >= 15 is 0 Å². The van der Waals surface area contributed by atoms with Gasteiger partial charge in [-0.05, 0) is 91.8 Å². The average molecular weight is 415 g/mol. The molecule has 0 aromatic rings. The van der Waals surface area contributed by atoms with E-state index in [4.69, 9.17) is 9.47 Å². The van der Waals surface area contributed by atoms with Gasteiger partial charge in [0.2, 0.25) is 0 Å². The second kappa shape index (κ2) is 6.58. The third-order valence-electron chi connectivity index (χ3n) is 11.3. The molecule has 3 nitrogen and oxygen atoms in total. The molecule has 3 saturated carbocycles. The van der Waals surface area contributed by atoms with Crippen molar-refractivity contribution in [1.82, 2.24) is 0 Å². The van der Waals surface area contributed by atoms with E-state index in [1.807, 2.05) is 0 Å². The summed E-state index contributed by atoms with van der Waals surface area (Å²) in [6.45, 7) is 10.8. The molecule has 0 aromatic heterocycles. The fourth-order valence-electron chi connectivity index (χ4n) is 9.66. The molecule has 4 aliphatic carbocycles. The van der Waals surface area contributed by atoms with Crippen LogP contribution in [-0.4, -0.2) is 29.7 Å². The molecule has 5 fully saturated rings. The normalized spacial score (nSPS) is 59.8. The third kappa shape index (κ3) is 2.55. The first-order valence-corrected chi connectivity index (χ1v) is 13.0. The van der Waals surface area contributed by atoms with Crippen LogP contribution in [0.1, 0.15) is 85.5 Å². The number of hydrogen-bond donors (Lipinski definition) is 1. The Morgan fingerprint density at radius 1 is 1.03 bits per heavy atom. The Kier molecular flexibility index (Phi) is 4.44. The van der Waals surface area contributed by atoms with Crippen molar-refractivity contribution < 1.29 is 14.6 Å². The minimum atomic E-state index is -0.294. The molecule has 0 radical (unpaired) electrons. The van der Waals surface area contributed by atoms with E-state index in [1.165, 1.54) is 38.5 Å². The summed E-state index contributed by atoms with van der Waals surface area (Å²) < 4.78 is 13.3. The lowest BCUT2D eigenvalue weighted by molar-refractivity contribution is -0.272. The van der Waals surface area contributed by atoms with Crippen molar-refractivity contribution in [2.75, 3.05) is 6.61 Å². The van der Waals surface area contributed by atoms with Crippen LogP contribution in [0.25, 0.3) is 0 Å². The van der Waals surface area contributed by atoms with Gasteiger partial charge < -0.3 is 14.6 Å². The third-order valence-corrected chi connectivity index (χ3v) is 11.3. The van der Waals surface area contributed by atoms with Crippen LogP contribution in [0.4, 0.5) is 0 Å². The number of ether oxygens (including phenoxy) is 2. The van der Waals surface area contributed by atoms with E-state index in [2.05, 4.69) is 33.8 Å². The van der Waals surface area contributed by atoms with Crippen molar-refractivity contribution in [2.24, 2.45) is 46.3 Å². The largest absolute Gasteiger partial charge is 0.393 e. The number of fused-ring (bicyclic) bond motifs is 7. The highest BCUT2D eigenvalue weighted by Gasteiger charge is 2.68. The van der Waals surface area contributed by atoms with Gasteiger partial charge in [-0.1, -0.05) is 39.3 Å². The molecule has 5 unspecified atom stereocenters. The first-order valence-electron chi connectivity index (χ1n) is 13.0. The summed E-state index contributed by atoms with van der Waals surface area (Å²) in [7, 11) is 0. The fraction of sp³-hybridized carbons (Fsp3) is 0.926. The summed E-state index contributed by atoms with van der Waals surface area (Å²) in [6.07, 6.45) is 13.5. The van der Waals surface area contributed by atoms with Crippen LogP contribution in [-0.2, 0) is 9.47 Å². The summed E-state index contributed by atoms with van der Waals surface area (Å²) in [4.78, 5) is 0. The van der Waals surface area contributed by atoms with Gasteiger partial charge in [0.15, 0.2) is 5.79 Å². The summed E-state index contributed by atoms with van der Waals surface area (Å²) in [6, 6.07) is 0. The van der Waals surface area contributed by atoms with Crippen LogP contribution < -0.4 is 0 Å². The molecular weight excluding hydrogens is 372 g/mol. The zero-order valence-corrected chi connectivity index (χ0v) is 19.5. The fourth-order valence-corrected chi connectivity index (χ4v) is 9.66. The standard InChI is InChI=1S/C27H42O3/c1-16-7-12-27(29-15-16)17(2)24-23(30-27)14-22-20-6-5-18-13-19(28)8-10-25(18,3)21(20)9-11-26(22,24)4/h5,16-17,19-24,28H,6-15H2,1-4H3/t16?,17-,19+,20?,21?,22?,23+,24?,25+,26+,27-/m1/s1. The molecule has 3 heteroatoms. The van der Waals surface area contributed by atoms with Crippen molar-refractivity contribution >= 4 is 0 Å². The Hall–Kier alpha value is -0.380. The van der Waals surface area contributed by atoms with Crippen LogP contribution in [0, 0.1) is 46.3 Å². The topological polar surface area (TPSA) is 38.7 Å². The first-order chi connectivity index (χ1) is 14.3. The lowest BCUT2D eigenvalue weighted by Crippen LogP contribution is -2.52. The van der Waals surface area contributed by atoms with Gasteiger partial charge in [0, 0.05) is 12.3 Å². The molecule has 0 aromatic carbocycles. The summed E-state index contributed by atoms with van der Waals surface area (Å²) in [5.74, 6) is 3.94. The molecular formula is C27H42O3. The predicted octanol–water partition coefficient (Wildman–Crippen LogP) is 5.71. The SMILES string of the molecule is CC1CC[C@@]2(OC1)O[C@H]1CC3C4CC=C5C[C@@H](O)CC[C@]5(C)C4CC[C@]3(C)C1[C@H]2C. The van der Waals surface area contributed by atoms with Crippen molar-refractivity contribution in [3.63, 3.8) is 0 Å². The van der Waals surface area contributed by atoms with Gasteiger partial charge in [0.25, 0.3) is 0 Å². The highest BCUT2D eigenvalue weighted by molar-refractivity contribution is 5.26. The van der Waals surface area contributed by atoms with Crippen molar-refractivity contribution in [3.05, 3.63) is 11.6 Å². The maximum Gasteiger partial charge on any atom is 0.171 e. The van der Waals surface area contributed by atoms with E-state index in [-0.39, 0.29) is 11.9 Å². The molecule has 168 valence electrons. The molecule has 6 rings (SSSR count). The molecule has 6 aliphatic rings. The smallest absolute Gasteiger partial charge is 0.171 e. The van der Waals surface area contributed by atoms with E-state index in [0.717, 1.165) is 43.6 Å². The molecule has 0 amide bonds. The van der Waals surface area contributed by atoms with Gasteiger partial charge in [0.1, 0.15) is 0 Å². The van der Waals surface area contributed by atoms with Crippen LogP contribution in [0.5, 0.6) is 0 Å². The maximum atomic E-state index is 10.3. The Labute approximate surface area is 183 Å². The van der Waals surface area contributed by atoms with Crippen LogP contribution >= 0.6 is 0 Å². The Bertz CT molecular complexity index is 736. The van der Waals surface area contributed by atoms with Gasteiger partial charge in [0.05, 0.1) is 18.8 Å². The number of rotatable bonds is 0. The zero-order chi connectivity index (χ0) is 20.9. The monoisotopic (exact) mass is 414 g/mol. The number of aliphatic hydroxyl groups excluding tert-OH is 1. The molecule has 2 aliphatic heterocycles. The Balaban J connectivity index is 1.28. The summed E-state index contributed by atoms with van der Waals surface area (Å²) in [5, 5.41) is 10.3. The summed E-state index contributed by atoms with van der Waals surface area (Å²) in [5.41, 5.74) is 2.31. The highest BCUT2D eigenvalue weighted by Crippen LogP contribution is 2.70. The minimum Gasteiger partial charge on any atom is -0.393 e. The number of hydrogen-bond acceptors (Lipinski definition) is 3. The lowest BCUT2D eigenvalue weighted by Gasteiger charge is -2.58. The molecule has 1 spiro atoms. The highest BCUT2D eigenvalue weighted by atomic mass is 16.7. The van der Waals surface area contributed by atoms with E-state index in [1.54, 1.807) is 5.57 Å². The van der Waals surface area contributed by atoms with Crippen molar-refractivity contribution in [1.29, 1.82) is 0 Å². The zero-order valence-electron chi connectivity index (χ0n) is 19.5. The molecule has 2 saturated heterocycles. The van der Waals surface area contributed by atoms with Crippen molar-refractivity contribution in [3.8, 4) is 0 Å². The average Bonchev–Trinajstić information content (AvgIpc) is 3.16. The molecule has 0 bridgehead atoms. The molecule has 1 N–H and O–H groups in total. The second-order valence-electron chi connectivity index (χ2n) is 12.7. The minimum absolute atomic E-state index is 0.107. The first kappa shape index (κ1) is 20.2. The lowest BCUT2D eigenvalue weighted by atomic mass is 9.47. The second-order valence-corrected chi connectivity index (χ2v) is 12.7. The van der Waals surface area contributed by atoms with Crippen LogP contribution in [0.15, 0.2) is 11.6 Å². The Morgan fingerprint density at radius 2 is 1.87 bits per heavy atom. The quantitative estimate of drug-likeness (QED) is 0.516. The predicted molar refractivity (Wildman–Crippen MR) is 118 cm³/mol. The van der Waals surface area contributed by atoms with Gasteiger partial charge in [-0.25, -0.2) is 0 Å². The van der Waals surface area contributed by atoms with Crippen LogP contribution in [0.3, 0.4) is 0 Å². The number of allylic oxidation sites excluding steroid dienone is 1. The van der Waals surface area contributed by atoms with Gasteiger partial charge in [-0.15, -0.1) is 0 Å². The maximum absolute atomic E-state index is 10.3. The van der Waals surface area contributed by atoms with Gasteiger partial charge in [-0.2, -0.15) is 0 Å². The van der Waals surface area contributed by atoms with Crippen molar-refractivity contribution in [2.45, 2.75) is 103 Å². The summed E-state index contributed by atoms with van der Waals surface area (Å²) >= 11 is 0. The van der Waals surface area contributed by atoms with E-state index < -0.39 is 0 Å². The van der Waals surface area contributed by atoms with Gasteiger partial charge in [-0.3, -0.25) is 0 Å². The molecule has 11 atom stereocenters. The van der Waals surface area contributed by atoms with Gasteiger partial charge >= 0.3 is 0 Å². The molecule has 30 heavy (non-hydrogen) atoms. The van der Waals surface area contributed by atoms with Crippen LogP contribution in [0.2, 0.25) is 0 Å².